The molecule has 2 rings (SSSR count). The second-order valence-electron chi connectivity index (χ2n) is 4.49. The van der Waals surface area contributed by atoms with Crippen LogP contribution in [-0.2, 0) is 19.4 Å². The maximum Gasteiger partial charge on any atom is 0.310 e. The zero-order valence-electron chi connectivity index (χ0n) is 10.4. The molecule has 0 aromatic heterocycles. The molecule has 4 nitrogen and oxygen atoms in total. The summed E-state index contributed by atoms with van der Waals surface area (Å²) >= 11 is 0. The van der Waals surface area contributed by atoms with Gasteiger partial charge in [-0.3, -0.25) is 4.79 Å². The van der Waals surface area contributed by atoms with Crippen molar-refractivity contribution in [3.63, 3.8) is 0 Å². The fourth-order valence-corrected chi connectivity index (χ4v) is 3.78. The van der Waals surface area contributed by atoms with Gasteiger partial charge in [0, 0.05) is 0 Å². The predicted molar refractivity (Wildman–Crippen MR) is 66.9 cm³/mol. The molecule has 2 atom stereocenters. The average molecular weight is 268 g/mol. The molecule has 1 aromatic carbocycles. The van der Waals surface area contributed by atoms with Gasteiger partial charge in [-0.2, -0.15) is 0 Å². The summed E-state index contributed by atoms with van der Waals surface area (Å²) in [7, 11) is -3.40. The molecule has 98 valence electrons. The maximum atomic E-state index is 12.2. The minimum atomic E-state index is -3.40. The van der Waals surface area contributed by atoms with Crippen LogP contribution in [0.5, 0.6) is 0 Å². The molecule has 0 spiro atoms. The standard InChI is InChI=1S/C13H16O4S/c1-3-17-13(14)11-8-12(11)18(15,16)10-6-4-9(2)5-7-10/h4-7,11-12H,3,8H2,1-2H3/t11-,12?/m0/s1. The van der Waals surface area contributed by atoms with Crippen LogP contribution in [0.2, 0.25) is 0 Å². The first-order valence-electron chi connectivity index (χ1n) is 5.94. The van der Waals surface area contributed by atoms with Crippen LogP contribution in [0.1, 0.15) is 18.9 Å². The third-order valence-corrected chi connectivity index (χ3v) is 5.32. The van der Waals surface area contributed by atoms with Crippen molar-refractivity contribution in [3.05, 3.63) is 29.8 Å². The van der Waals surface area contributed by atoms with Gasteiger partial charge in [-0.1, -0.05) is 17.7 Å². The molecule has 0 radical (unpaired) electrons. The first kappa shape index (κ1) is 13.1. The van der Waals surface area contributed by atoms with Gasteiger partial charge in [-0.15, -0.1) is 0 Å². The minimum absolute atomic E-state index is 0.282. The van der Waals surface area contributed by atoms with Crippen molar-refractivity contribution < 1.29 is 17.9 Å². The summed E-state index contributed by atoms with van der Waals surface area (Å²) in [5.41, 5.74) is 1.01. The molecule has 0 aliphatic heterocycles. The zero-order chi connectivity index (χ0) is 13.3. The first-order valence-corrected chi connectivity index (χ1v) is 7.48. The third kappa shape index (κ3) is 2.41. The molecular weight excluding hydrogens is 252 g/mol. The predicted octanol–water partition coefficient (Wildman–Crippen LogP) is 1.72. The van der Waals surface area contributed by atoms with Gasteiger partial charge >= 0.3 is 5.97 Å². The van der Waals surface area contributed by atoms with Crippen molar-refractivity contribution in [1.82, 2.24) is 0 Å². The van der Waals surface area contributed by atoms with Crippen molar-refractivity contribution in [2.45, 2.75) is 30.4 Å². The minimum Gasteiger partial charge on any atom is -0.466 e. The molecule has 5 heteroatoms. The van der Waals surface area contributed by atoms with Gasteiger partial charge in [-0.05, 0) is 32.4 Å². The van der Waals surface area contributed by atoms with Crippen molar-refractivity contribution in [1.29, 1.82) is 0 Å². The van der Waals surface area contributed by atoms with Gasteiger partial charge in [-0.25, -0.2) is 8.42 Å². The molecule has 18 heavy (non-hydrogen) atoms. The summed E-state index contributed by atoms with van der Waals surface area (Å²) in [5, 5.41) is -0.612. The Kier molecular flexibility index (Phi) is 3.43. The summed E-state index contributed by atoms with van der Waals surface area (Å²) in [5.74, 6) is -0.894. The molecule has 0 heterocycles. The molecule has 0 N–H and O–H groups in total. The topological polar surface area (TPSA) is 60.4 Å². The molecule has 0 bridgehead atoms. The Labute approximate surface area is 107 Å². The molecule has 1 saturated carbocycles. The molecule has 1 aromatic rings. The van der Waals surface area contributed by atoms with E-state index in [-0.39, 0.29) is 11.5 Å². The number of benzene rings is 1. The maximum absolute atomic E-state index is 12.2. The van der Waals surface area contributed by atoms with E-state index in [9.17, 15) is 13.2 Å². The van der Waals surface area contributed by atoms with Crippen LogP contribution < -0.4 is 0 Å². The van der Waals surface area contributed by atoms with Gasteiger partial charge in [0.1, 0.15) is 0 Å². The summed E-state index contributed by atoms with van der Waals surface area (Å²) in [6, 6.07) is 6.69. The lowest BCUT2D eigenvalue weighted by molar-refractivity contribution is -0.144. The lowest BCUT2D eigenvalue weighted by atomic mass is 10.2. The van der Waals surface area contributed by atoms with E-state index >= 15 is 0 Å². The van der Waals surface area contributed by atoms with Crippen LogP contribution in [0, 0.1) is 12.8 Å². The fraction of sp³-hybridized carbons (Fsp3) is 0.462. The number of rotatable bonds is 4. The fourth-order valence-electron chi connectivity index (χ4n) is 1.91. The summed E-state index contributed by atoms with van der Waals surface area (Å²) in [6.45, 7) is 3.89. The van der Waals surface area contributed by atoms with Gasteiger partial charge in [0.15, 0.2) is 9.84 Å². The highest BCUT2D eigenvalue weighted by molar-refractivity contribution is 7.92. The van der Waals surface area contributed by atoms with Gasteiger partial charge in [0.25, 0.3) is 0 Å². The number of hydrogen-bond donors (Lipinski definition) is 0. The van der Waals surface area contributed by atoms with Crippen molar-refractivity contribution in [3.8, 4) is 0 Å². The second-order valence-corrected chi connectivity index (χ2v) is 6.66. The molecule has 1 aliphatic rings. The Morgan fingerprint density at radius 2 is 1.94 bits per heavy atom. The Morgan fingerprint density at radius 1 is 1.33 bits per heavy atom. The van der Waals surface area contributed by atoms with Gasteiger partial charge in [0.2, 0.25) is 0 Å². The second kappa shape index (κ2) is 4.72. The van der Waals surface area contributed by atoms with E-state index < -0.39 is 27.0 Å². The lowest BCUT2D eigenvalue weighted by Gasteiger charge is -2.04. The first-order chi connectivity index (χ1) is 8.46. The average Bonchev–Trinajstić information content (AvgIpc) is 3.10. The van der Waals surface area contributed by atoms with E-state index in [2.05, 4.69) is 0 Å². The molecule has 1 unspecified atom stereocenters. The zero-order valence-corrected chi connectivity index (χ0v) is 11.2. The molecule has 0 saturated heterocycles. The van der Waals surface area contributed by atoms with Crippen LogP contribution in [0.3, 0.4) is 0 Å². The number of sulfone groups is 1. The van der Waals surface area contributed by atoms with E-state index in [0.29, 0.717) is 6.42 Å². The van der Waals surface area contributed by atoms with E-state index in [0.717, 1.165) is 5.56 Å². The Hall–Kier alpha value is -1.36. The highest BCUT2D eigenvalue weighted by Crippen LogP contribution is 2.41. The van der Waals surface area contributed by atoms with E-state index in [1.165, 1.54) is 0 Å². The normalized spacial score (nSPS) is 22.6. The van der Waals surface area contributed by atoms with E-state index in [4.69, 9.17) is 4.74 Å². The number of aryl methyl sites for hydroxylation is 1. The highest BCUT2D eigenvalue weighted by Gasteiger charge is 2.53. The number of carbonyl (C=O) groups excluding carboxylic acids is 1. The Balaban J connectivity index is 2.15. The molecule has 1 fully saturated rings. The lowest BCUT2D eigenvalue weighted by Crippen LogP contribution is -2.15. The van der Waals surface area contributed by atoms with Crippen molar-refractivity contribution in [2.75, 3.05) is 6.61 Å². The van der Waals surface area contributed by atoms with Crippen LogP contribution in [0.25, 0.3) is 0 Å². The Morgan fingerprint density at radius 3 is 2.50 bits per heavy atom. The quantitative estimate of drug-likeness (QED) is 0.780. The van der Waals surface area contributed by atoms with Crippen LogP contribution >= 0.6 is 0 Å². The van der Waals surface area contributed by atoms with Crippen molar-refractivity contribution in [2.24, 2.45) is 5.92 Å². The van der Waals surface area contributed by atoms with E-state index in [1.807, 2.05) is 6.92 Å². The van der Waals surface area contributed by atoms with Crippen molar-refractivity contribution >= 4 is 15.8 Å². The van der Waals surface area contributed by atoms with Gasteiger partial charge < -0.3 is 4.74 Å². The number of carbonyl (C=O) groups is 1. The number of ether oxygens (including phenoxy) is 1. The smallest absolute Gasteiger partial charge is 0.310 e. The van der Waals surface area contributed by atoms with Crippen LogP contribution in [0.15, 0.2) is 29.2 Å². The van der Waals surface area contributed by atoms with Crippen LogP contribution in [-0.4, -0.2) is 26.2 Å². The van der Waals surface area contributed by atoms with E-state index in [1.54, 1.807) is 31.2 Å². The van der Waals surface area contributed by atoms with Crippen LogP contribution in [0.4, 0.5) is 0 Å². The summed E-state index contributed by atoms with van der Waals surface area (Å²) in [4.78, 5) is 11.7. The summed E-state index contributed by atoms with van der Waals surface area (Å²) < 4.78 is 29.3. The third-order valence-electron chi connectivity index (χ3n) is 3.07. The number of hydrogen-bond acceptors (Lipinski definition) is 4. The van der Waals surface area contributed by atoms with Gasteiger partial charge in [0.05, 0.1) is 22.7 Å². The number of esters is 1. The largest absolute Gasteiger partial charge is 0.466 e. The molecule has 0 amide bonds. The summed E-state index contributed by atoms with van der Waals surface area (Å²) in [6.07, 6.45) is 0.370. The molecular formula is C13H16O4S. The monoisotopic (exact) mass is 268 g/mol. The SMILES string of the molecule is CCOC(=O)[C@H]1CC1S(=O)(=O)c1ccc(C)cc1. The Bertz CT molecular complexity index is 545. The highest BCUT2D eigenvalue weighted by atomic mass is 32.2. The molecule has 1 aliphatic carbocycles.